The van der Waals surface area contributed by atoms with E-state index in [2.05, 4.69) is 36.6 Å². The topological polar surface area (TPSA) is 113 Å². The van der Waals surface area contributed by atoms with E-state index in [1.165, 1.54) is 16.9 Å². The van der Waals surface area contributed by atoms with E-state index in [9.17, 15) is 9.59 Å². The fraction of sp³-hybridized carbons (Fsp3) is 0.0556. The second-order valence-electron chi connectivity index (χ2n) is 5.46. The molecule has 10 heteroatoms. The first kappa shape index (κ1) is 19.5. The highest BCUT2D eigenvalue weighted by atomic mass is 79.9. The van der Waals surface area contributed by atoms with E-state index in [-0.39, 0.29) is 18.1 Å². The number of halogens is 2. The summed E-state index contributed by atoms with van der Waals surface area (Å²) in [4.78, 5) is 28.8. The molecule has 28 heavy (non-hydrogen) atoms. The monoisotopic (exact) mass is 458 g/mol. The van der Waals surface area contributed by atoms with Crippen molar-refractivity contribution in [3.05, 3.63) is 69.5 Å². The first-order chi connectivity index (χ1) is 13.5. The number of para-hydroxylation sites is 1. The Hall–Kier alpha value is -3.22. The molecule has 2 amide bonds. The molecule has 0 unspecified atom stereocenters. The largest absolute Gasteiger partial charge is 0.342 e. The normalized spacial score (nSPS) is 10.2. The zero-order chi connectivity index (χ0) is 20.1. The minimum Gasteiger partial charge on any atom is -0.342 e. The van der Waals surface area contributed by atoms with E-state index in [1.807, 2.05) is 6.07 Å². The van der Waals surface area contributed by atoms with E-state index >= 15 is 0 Å². The number of nitrogens with one attached hydrogen (secondary N) is 2. The molecule has 1 aromatic carbocycles. The van der Waals surface area contributed by atoms with E-state index in [0.717, 1.165) is 0 Å². The van der Waals surface area contributed by atoms with Crippen LogP contribution in [-0.4, -0.2) is 33.1 Å². The number of rotatable bonds is 5. The highest BCUT2D eigenvalue weighted by Crippen LogP contribution is 2.21. The van der Waals surface area contributed by atoms with Crippen LogP contribution in [0.4, 0.5) is 5.69 Å². The van der Waals surface area contributed by atoms with Gasteiger partial charge >= 0.3 is 0 Å². The van der Waals surface area contributed by atoms with Gasteiger partial charge < -0.3 is 10.6 Å². The summed E-state index contributed by atoms with van der Waals surface area (Å²) in [5.41, 5.74) is 0.851. The number of carbonyl (C=O) groups is 2. The number of anilines is 1. The fourth-order valence-electron chi connectivity index (χ4n) is 2.34. The molecule has 0 aliphatic carbocycles. The molecule has 0 aliphatic heterocycles. The van der Waals surface area contributed by atoms with Crippen LogP contribution in [0.1, 0.15) is 16.1 Å². The highest BCUT2D eigenvalue weighted by Gasteiger charge is 2.19. The Balaban J connectivity index is 1.72. The van der Waals surface area contributed by atoms with Gasteiger partial charge in [0, 0.05) is 12.3 Å². The summed E-state index contributed by atoms with van der Waals surface area (Å²) >= 11 is 9.35. The molecule has 2 aromatic heterocycles. The van der Waals surface area contributed by atoms with Gasteiger partial charge in [0.25, 0.3) is 5.91 Å². The van der Waals surface area contributed by atoms with Crippen molar-refractivity contribution in [3.8, 4) is 11.9 Å². The molecule has 0 spiro atoms. The number of hydrogen-bond acceptors (Lipinski definition) is 5. The number of nitriles is 1. The minimum absolute atomic E-state index is 0.151. The molecule has 0 bridgehead atoms. The molecular weight excluding hydrogens is 448 g/mol. The maximum absolute atomic E-state index is 12.5. The lowest BCUT2D eigenvalue weighted by Crippen LogP contribution is -2.34. The van der Waals surface area contributed by atoms with Crippen LogP contribution in [0.3, 0.4) is 0 Å². The fourth-order valence-corrected chi connectivity index (χ4v) is 2.92. The van der Waals surface area contributed by atoms with Gasteiger partial charge in [-0.3, -0.25) is 9.59 Å². The van der Waals surface area contributed by atoms with Gasteiger partial charge in [0.05, 0.1) is 22.8 Å². The lowest BCUT2D eigenvalue weighted by molar-refractivity contribution is -0.115. The van der Waals surface area contributed by atoms with E-state index in [4.69, 9.17) is 16.9 Å². The maximum atomic E-state index is 12.5. The van der Waals surface area contributed by atoms with Crippen molar-refractivity contribution in [3.63, 3.8) is 0 Å². The number of aromatic nitrogens is 3. The number of carbonyl (C=O) groups excluding carboxylic acids is 2. The van der Waals surface area contributed by atoms with Crippen molar-refractivity contribution in [1.82, 2.24) is 20.1 Å². The smallest absolute Gasteiger partial charge is 0.270 e. The van der Waals surface area contributed by atoms with Crippen LogP contribution in [0, 0.1) is 11.3 Å². The van der Waals surface area contributed by atoms with Crippen LogP contribution in [0.2, 0.25) is 5.02 Å². The van der Waals surface area contributed by atoms with Gasteiger partial charge in [0.2, 0.25) is 5.91 Å². The number of nitrogens with zero attached hydrogens (tertiary/aromatic N) is 4. The third-order valence-electron chi connectivity index (χ3n) is 3.58. The van der Waals surface area contributed by atoms with Crippen molar-refractivity contribution in [1.29, 1.82) is 5.26 Å². The van der Waals surface area contributed by atoms with Gasteiger partial charge in [-0.2, -0.15) is 10.4 Å². The summed E-state index contributed by atoms with van der Waals surface area (Å²) in [7, 11) is 0. The van der Waals surface area contributed by atoms with Crippen molar-refractivity contribution >= 4 is 45.0 Å². The molecule has 0 fully saturated rings. The lowest BCUT2D eigenvalue weighted by Gasteiger charge is -2.09. The first-order valence-electron chi connectivity index (χ1n) is 7.93. The standard InChI is InChI=1S/C18H12BrClN6O2/c19-15-8-14(26(25-15)17-12(20)5-3-7-22-17)18(28)23-10-16(27)24-13-6-2-1-4-11(13)9-21/h1-8H,10H2,(H,23,28)(H,24,27). The average Bonchev–Trinajstić information content (AvgIpc) is 3.08. The van der Waals surface area contributed by atoms with Crippen LogP contribution in [-0.2, 0) is 4.79 Å². The minimum atomic E-state index is -0.538. The second kappa shape index (κ2) is 8.65. The predicted molar refractivity (Wildman–Crippen MR) is 106 cm³/mol. The SMILES string of the molecule is N#Cc1ccccc1NC(=O)CNC(=O)c1cc(Br)nn1-c1ncccc1Cl. The van der Waals surface area contributed by atoms with Gasteiger partial charge in [-0.05, 0) is 40.2 Å². The van der Waals surface area contributed by atoms with Crippen LogP contribution in [0.15, 0.2) is 53.3 Å². The Kier molecular flexibility index (Phi) is 6.03. The maximum Gasteiger partial charge on any atom is 0.270 e. The number of pyridine rings is 1. The number of benzene rings is 1. The van der Waals surface area contributed by atoms with Crippen LogP contribution in [0.5, 0.6) is 0 Å². The molecule has 2 heterocycles. The van der Waals surface area contributed by atoms with Crippen molar-refractivity contribution in [2.45, 2.75) is 0 Å². The Bertz CT molecular complexity index is 1090. The van der Waals surface area contributed by atoms with E-state index in [0.29, 0.717) is 20.9 Å². The van der Waals surface area contributed by atoms with E-state index < -0.39 is 11.8 Å². The average molecular weight is 460 g/mol. The van der Waals surface area contributed by atoms with Crippen molar-refractivity contribution < 1.29 is 9.59 Å². The molecule has 0 radical (unpaired) electrons. The molecule has 8 nitrogen and oxygen atoms in total. The lowest BCUT2D eigenvalue weighted by atomic mass is 10.2. The van der Waals surface area contributed by atoms with Gasteiger partial charge in [0.15, 0.2) is 5.82 Å². The zero-order valence-electron chi connectivity index (χ0n) is 14.2. The molecule has 0 saturated carbocycles. The predicted octanol–water partition coefficient (Wildman–Crippen LogP) is 2.92. The summed E-state index contributed by atoms with van der Waals surface area (Å²) in [6.45, 7) is -0.294. The zero-order valence-corrected chi connectivity index (χ0v) is 16.5. The molecule has 0 atom stereocenters. The van der Waals surface area contributed by atoms with Crippen molar-refractivity contribution in [2.24, 2.45) is 0 Å². The van der Waals surface area contributed by atoms with Crippen LogP contribution < -0.4 is 10.6 Å². The Morgan fingerprint density at radius 1 is 1.25 bits per heavy atom. The van der Waals surface area contributed by atoms with E-state index in [1.54, 1.807) is 36.4 Å². The number of hydrogen-bond donors (Lipinski definition) is 2. The molecule has 0 aliphatic rings. The summed E-state index contributed by atoms with van der Waals surface area (Å²) in [6.07, 6.45) is 1.53. The third-order valence-corrected chi connectivity index (χ3v) is 4.27. The van der Waals surface area contributed by atoms with Gasteiger partial charge in [-0.1, -0.05) is 23.7 Å². The van der Waals surface area contributed by atoms with Gasteiger partial charge in [-0.25, -0.2) is 9.67 Å². The van der Waals surface area contributed by atoms with Gasteiger partial charge in [0.1, 0.15) is 16.4 Å². The summed E-state index contributed by atoms with van der Waals surface area (Å²) < 4.78 is 1.69. The summed E-state index contributed by atoms with van der Waals surface area (Å²) in [5.74, 6) is -0.729. The summed E-state index contributed by atoms with van der Waals surface area (Å²) in [6, 6.07) is 13.3. The van der Waals surface area contributed by atoms with Gasteiger partial charge in [-0.15, -0.1) is 0 Å². The Morgan fingerprint density at radius 3 is 2.79 bits per heavy atom. The Labute approximate surface area is 173 Å². The third kappa shape index (κ3) is 4.36. The molecule has 3 aromatic rings. The second-order valence-corrected chi connectivity index (χ2v) is 6.68. The molecule has 3 rings (SSSR count). The molecule has 0 saturated heterocycles. The van der Waals surface area contributed by atoms with Crippen molar-refractivity contribution in [2.75, 3.05) is 11.9 Å². The highest BCUT2D eigenvalue weighted by molar-refractivity contribution is 9.10. The van der Waals surface area contributed by atoms with Crippen LogP contribution >= 0.6 is 27.5 Å². The quantitative estimate of drug-likeness (QED) is 0.609. The van der Waals surface area contributed by atoms with Crippen LogP contribution in [0.25, 0.3) is 5.82 Å². The molecular formula is C18H12BrClN6O2. The molecule has 140 valence electrons. The number of amides is 2. The Morgan fingerprint density at radius 2 is 2.04 bits per heavy atom. The first-order valence-corrected chi connectivity index (χ1v) is 9.10. The molecule has 2 N–H and O–H groups in total. The summed E-state index contributed by atoms with van der Waals surface area (Å²) in [5, 5.41) is 18.6.